The van der Waals surface area contributed by atoms with Crippen molar-refractivity contribution in [3.63, 3.8) is 0 Å². The van der Waals surface area contributed by atoms with Gasteiger partial charge in [-0.15, -0.1) is 0 Å². The van der Waals surface area contributed by atoms with Gasteiger partial charge < -0.3 is 10.2 Å². The molecule has 1 N–H and O–H groups in total. The van der Waals surface area contributed by atoms with Gasteiger partial charge in [-0.3, -0.25) is 4.79 Å². The summed E-state index contributed by atoms with van der Waals surface area (Å²) in [5.74, 6) is 0. The second kappa shape index (κ2) is 5.61. The van der Waals surface area contributed by atoms with Gasteiger partial charge in [0.05, 0.1) is 11.9 Å². The predicted octanol–water partition coefficient (Wildman–Crippen LogP) is 1.26. The van der Waals surface area contributed by atoms with Gasteiger partial charge in [0.2, 0.25) is 0 Å². The summed E-state index contributed by atoms with van der Waals surface area (Å²) >= 11 is 5.90. The Morgan fingerprint density at radius 3 is 2.85 bits per heavy atom. The molecule has 1 atom stereocenters. The van der Waals surface area contributed by atoms with E-state index in [1.54, 1.807) is 11.9 Å². The van der Waals surface area contributed by atoms with Gasteiger partial charge in [0.25, 0.3) is 5.56 Å². The Hall–Kier alpha value is -1.28. The van der Waals surface area contributed by atoms with E-state index in [9.17, 15) is 18.0 Å². The van der Waals surface area contributed by atoms with E-state index in [0.717, 1.165) is 19.5 Å². The van der Waals surface area contributed by atoms with Crippen LogP contribution in [-0.4, -0.2) is 42.1 Å². The van der Waals surface area contributed by atoms with E-state index in [0.29, 0.717) is 10.4 Å². The molecule has 20 heavy (non-hydrogen) atoms. The van der Waals surface area contributed by atoms with Gasteiger partial charge >= 0.3 is 6.18 Å². The molecular weight excluding hydrogens is 297 g/mol. The number of hydrogen-bond donors (Lipinski definition) is 1. The Bertz CT molecular complexity index is 539. The van der Waals surface area contributed by atoms with Crippen molar-refractivity contribution >= 4 is 17.3 Å². The molecule has 0 aromatic carbocycles. The molecule has 1 fully saturated rings. The number of likely N-dealkylation sites (N-methyl/N-ethyl adjacent to an activating group) is 1. The van der Waals surface area contributed by atoms with E-state index in [-0.39, 0.29) is 11.1 Å². The average Bonchev–Trinajstić information content (AvgIpc) is 2.87. The Morgan fingerprint density at radius 2 is 2.30 bits per heavy atom. The molecule has 0 amide bonds. The zero-order valence-electron chi connectivity index (χ0n) is 10.7. The topological polar surface area (TPSA) is 50.2 Å². The number of nitrogens with one attached hydrogen (secondary N) is 1. The van der Waals surface area contributed by atoms with Crippen molar-refractivity contribution < 1.29 is 13.2 Å². The molecule has 1 aromatic rings. The summed E-state index contributed by atoms with van der Waals surface area (Å²) in [6.45, 7) is 0.143. The van der Waals surface area contributed by atoms with E-state index < -0.39 is 18.3 Å². The van der Waals surface area contributed by atoms with Crippen molar-refractivity contribution in [2.45, 2.75) is 25.2 Å². The highest BCUT2D eigenvalue weighted by Gasteiger charge is 2.30. The monoisotopic (exact) mass is 310 g/mol. The number of nitrogens with zero attached hydrogens (tertiary/aromatic N) is 3. The maximum atomic E-state index is 12.3. The molecule has 112 valence electrons. The van der Waals surface area contributed by atoms with Gasteiger partial charge in [-0.05, 0) is 13.0 Å². The first-order valence-electron chi connectivity index (χ1n) is 6.05. The van der Waals surface area contributed by atoms with Crippen LogP contribution < -0.4 is 15.8 Å². The SMILES string of the molecule is CN(c1cnn(CC(F)(F)F)c(=O)c1Cl)C1CCNC1. The summed E-state index contributed by atoms with van der Waals surface area (Å²) in [5, 5.41) is 6.48. The van der Waals surface area contributed by atoms with Crippen LogP contribution in [0.15, 0.2) is 11.0 Å². The third-order valence-corrected chi connectivity index (χ3v) is 3.61. The normalized spacial score (nSPS) is 19.4. The minimum Gasteiger partial charge on any atom is -0.368 e. The van der Waals surface area contributed by atoms with Crippen LogP contribution >= 0.6 is 11.6 Å². The molecule has 9 heteroatoms. The lowest BCUT2D eigenvalue weighted by Crippen LogP contribution is -2.36. The smallest absolute Gasteiger partial charge is 0.368 e. The highest BCUT2D eigenvalue weighted by atomic mass is 35.5. The predicted molar refractivity (Wildman–Crippen MR) is 69.2 cm³/mol. The largest absolute Gasteiger partial charge is 0.408 e. The molecule has 1 aliphatic heterocycles. The number of aromatic nitrogens is 2. The third-order valence-electron chi connectivity index (χ3n) is 3.26. The number of anilines is 1. The molecule has 1 unspecified atom stereocenters. The first-order valence-corrected chi connectivity index (χ1v) is 6.43. The number of hydrogen-bond acceptors (Lipinski definition) is 4. The summed E-state index contributed by atoms with van der Waals surface area (Å²) in [7, 11) is 1.74. The lowest BCUT2D eigenvalue weighted by molar-refractivity contribution is -0.143. The van der Waals surface area contributed by atoms with Gasteiger partial charge in [0.1, 0.15) is 11.6 Å². The van der Waals surface area contributed by atoms with Crippen molar-refractivity contribution in [3.05, 3.63) is 21.6 Å². The molecule has 0 saturated carbocycles. The average molecular weight is 311 g/mol. The van der Waals surface area contributed by atoms with Crippen LogP contribution in [0.5, 0.6) is 0 Å². The molecule has 2 heterocycles. The maximum absolute atomic E-state index is 12.3. The molecule has 1 aliphatic rings. The summed E-state index contributed by atoms with van der Waals surface area (Å²) < 4.78 is 37.2. The second-order valence-electron chi connectivity index (χ2n) is 4.68. The third kappa shape index (κ3) is 3.24. The molecule has 0 spiro atoms. The number of alkyl halides is 3. The van der Waals surface area contributed by atoms with E-state index >= 15 is 0 Å². The van der Waals surface area contributed by atoms with E-state index in [4.69, 9.17) is 11.6 Å². The minimum atomic E-state index is -4.51. The van der Waals surface area contributed by atoms with Gasteiger partial charge in [-0.25, -0.2) is 4.68 Å². The molecule has 0 aliphatic carbocycles. The van der Waals surface area contributed by atoms with Gasteiger partial charge in [-0.1, -0.05) is 11.6 Å². The Morgan fingerprint density at radius 1 is 1.60 bits per heavy atom. The van der Waals surface area contributed by atoms with Crippen molar-refractivity contribution in [2.75, 3.05) is 25.0 Å². The highest BCUT2D eigenvalue weighted by molar-refractivity contribution is 6.33. The van der Waals surface area contributed by atoms with Crippen LogP contribution in [0.1, 0.15) is 6.42 Å². The van der Waals surface area contributed by atoms with Crippen LogP contribution in [0.25, 0.3) is 0 Å². The zero-order valence-corrected chi connectivity index (χ0v) is 11.5. The van der Waals surface area contributed by atoms with Crippen LogP contribution in [-0.2, 0) is 6.54 Å². The van der Waals surface area contributed by atoms with Crippen molar-refractivity contribution in [1.82, 2.24) is 15.1 Å². The Labute approximate surface area is 118 Å². The van der Waals surface area contributed by atoms with Crippen molar-refractivity contribution in [3.8, 4) is 0 Å². The zero-order chi connectivity index (χ0) is 14.9. The molecule has 5 nitrogen and oxygen atoms in total. The van der Waals surface area contributed by atoms with Crippen LogP contribution in [0.4, 0.5) is 18.9 Å². The fourth-order valence-corrected chi connectivity index (χ4v) is 2.43. The standard InChI is InChI=1S/C11H14ClF3N4O/c1-18(7-2-3-16-4-7)8-5-17-19(6-11(13,14)15)10(20)9(8)12/h5,7,16H,2-4,6H2,1H3. The highest BCUT2D eigenvalue weighted by Crippen LogP contribution is 2.24. The minimum absolute atomic E-state index is 0.146. The van der Waals surface area contributed by atoms with Crippen molar-refractivity contribution in [1.29, 1.82) is 0 Å². The fraction of sp³-hybridized carbons (Fsp3) is 0.636. The fourth-order valence-electron chi connectivity index (χ4n) is 2.15. The molecular formula is C11H14ClF3N4O. The summed E-state index contributed by atoms with van der Waals surface area (Å²) in [5.41, 5.74) is -0.580. The van der Waals surface area contributed by atoms with Crippen LogP contribution in [0.2, 0.25) is 5.02 Å². The van der Waals surface area contributed by atoms with Gasteiger partial charge in [0.15, 0.2) is 0 Å². The molecule has 2 rings (SSSR count). The van der Waals surface area contributed by atoms with E-state index in [1.165, 1.54) is 6.20 Å². The second-order valence-corrected chi connectivity index (χ2v) is 5.06. The van der Waals surface area contributed by atoms with Crippen LogP contribution in [0.3, 0.4) is 0 Å². The summed E-state index contributed by atoms with van der Waals surface area (Å²) in [4.78, 5) is 13.6. The van der Waals surface area contributed by atoms with E-state index in [1.807, 2.05) is 0 Å². The first kappa shape index (κ1) is 15.1. The molecule has 1 saturated heterocycles. The van der Waals surface area contributed by atoms with Crippen LogP contribution in [0, 0.1) is 0 Å². The Kier molecular flexibility index (Phi) is 4.24. The van der Waals surface area contributed by atoms with Gasteiger partial charge in [-0.2, -0.15) is 18.3 Å². The summed E-state index contributed by atoms with van der Waals surface area (Å²) in [6.07, 6.45) is -2.44. The number of rotatable bonds is 3. The van der Waals surface area contributed by atoms with Crippen molar-refractivity contribution in [2.24, 2.45) is 0 Å². The molecule has 1 aromatic heterocycles. The summed E-state index contributed by atoms with van der Waals surface area (Å²) in [6, 6.07) is 0.146. The van der Waals surface area contributed by atoms with Gasteiger partial charge in [0, 0.05) is 19.6 Å². The lowest BCUT2D eigenvalue weighted by atomic mass is 10.2. The molecule has 0 radical (unpaired) electrons. The molecule has 0 bridgehead atoms. The quantitative estimate of drug-likeness (QED) is 0.913. The van der Waals surface area contributed by atoms with E-state index in [2.05, 4.69) is 10.4 Å². The Balaban J connectivity index is 2.28. The first-order chi connectivity index (χ1) is 9.29. The lowest BCUT2D eigenvalue weighted by Gasteiger charge is -2.26. The number of halogens is 4. The maximum Gasteiger partial charge on any atom is 0.408 e.